The Labute approximate surface area is 365 Å². The van der Waals surface area contributed by atoms with Crippen molar-refractivity contribution < 1.29 is 0 Å². The molecule has 3 heterocycles. The Morgan fingerprint density at radius 2 is 0.871 bits per heavy atom. The molecular formula is C59H49N3. The van der Waals surface area contributed by atoms with Crippen molar-refractivity contribution in [2.75, 3.05) is 0 Å². The van der Waals surface area contributed by atoms with Gasteiger partial charge >= 0.3 is 0 Å². The third-order valence-electron chi connectivity index (χ3n) is 12.8. The van der Waals surface area contributed by atoms with Crippen LogP contribution in [0.15, 0.2) is 213 Å². The van der Waals surface area contributed by atoms with Crippen molar-refractivity contribution in [2.24, 2.45) is 0 Å². The molecule has 0 bridgehead atoms. The van der Waals surface area contributed by atoms with Crippen LogP contribution in [0.5, 0.6) is 0 Å². The summed E-state index contributed by atoms with van der Waals surface area (Å²) in [7, 11) is 0. The largest absolute Gasteiger partial charge is 0.256 e. The molecule has 1 aliphatic carbocycles. The number of aromatic nitrogens is 3. The second-order valence-corrected chi connectivity index (χ2v) is 16.8. The lowest BCUT2D eigenvalue weighted by atomic mass is 9.74. The van der Waals surface area contributed by atoms with Gasteiger partial charge in [-0.15, -0.1) is 0 Å². The molecule has 0 radical (unpaired) electrons. The second kappa shape index (κ2) is 17.8. The van der Waals surface area contributed by atoms with Gasteiger partial charge in [-0.3, -0.25) is 15.0 Å². The third kappa shape index (κ3) is 8.53. The average Bonchev–Trinajstić information content (AvgIpc) is 3.84. The van der Waals surface area contributed by atoms with Crippen molar-refractivity contribution >= 4 is 0 Å². The van der Waals surface area contributed by atoms with Crippen LogP contribution in [0.1, 0.15) is 47.9 Å². The van der Waals surface area contributed by atoms with Crippen LogP contribution >= 0.6 is 0 Å². The summed E-state index contributed by atoms with van der Waals surface area (Å²) < 4.78 is 0. The molecule has 10 rings (SSSR count). The molecule has 0 saturated heterocycles. The molecule has 0 atom stereocenters. The van der Waals surface area contributed by atoms with Crippen LogP contribution in [-0.2, 0) is 24.7 Å². The highest BCUT2D eigenvalue weighted by Gasteiger charge is 2.36. The maximum Gasteiger partial charge on any atom is 0.0702 e. The monoisotopic (exact) mass is 799 g/mol. The number of nitrogens with zero attached hydrogens (tertiary/aromatic N) is 3. The molecule has 1 aliphatic rings. The van der Waals surface area contributed by atoms with Crippen LogP contribution in [0.4, 0.5) is 0 Å². The average molecular weight is 800 g/mol. The summed E-state index contributed by atoms with van der Waals surface area (Å²) in [5.74, 6) is 0. The first kappa shape index (κ1) is 38.9. The van der Waals surface area contributed by atoms with Gasteiger partial charge in [-0.2, -0.15) is 0 Å². The molecule has 1 fully saturated rings. The second-order valence-electron chi connectivity index (χ2n) is 16.8. The van der Waals surface area contributed by atoms with Gasteiger partial charge in [-0.25, -0.2) is 0 Å². The van der Waals surface area contributed by atoms with Gasteiger partial charge in [0, 0.05) is 46.3 Å². The normalized spacial score (nSPS) is 13.2. The van der Waals surface area contributed by atoms with Crippen molar-refractivity contribution in [3.05, 3.63) is 235 Å². The van der Waals surface area contributed by atoms with E-state index in [1.54, 1.807) is 0 Å². The van der Waals surface area contributed by atoms with E-state index < -0.39 is 0 Å². The molecule has 6 aromatic carbocycles. The highest BCUT2D eigenvalue weighted by Crippen LogP contribution is 2.45. The summed E-state index contributed by atoms with van der Waals surface area (Å²) in [6.07, 6.45) is 13.9. The number of hydrogen-bond acceptors (Lipinski definition) is 3. The zero-order chi connectivity index (χ0) is 41.6. The number of hydrogen-bond donors (Lipinski definition) is 0. The standard InChI is InChI=1S/C59H49N3/c1-4-15-46(16-5-1)49-21-14-22-50(38-49)58-31-28-51(41-61-58)54-23-10-11-24-55(54)52-36-44(26-25-43-27-30-56(60-40-43)47-17-6-2-7-18-47)35-45(37-52)39-59(33-12-13-34-59)53-29-32-57(62-42-53)48-19-8-3-9-20-48/h1-11,14-24,27-32,35-38,40-42H,12-13,25-26,33-34,39H2. The smallest absolute Gasteiger partial charge is 0.0702 e. The van der Waals surface area contributed by atoms with E-state index in [4.69, 9.17) is 15.0 Å². The van der Waals surface area contributed by atoms with Crippen LogP contribution in [0.3, 0.4) is 0 Å². The Morgan fingerprint density at radius 1 is 0.339 bits per heavy atom. The van der Waals surface area contributed by atoms with Crippen molar-refractivity contribution in [1.29, 1.82) is 0 Å². The predicted octanol–water partition coefficient (Wildman–Crippen LogP) is 14.7. The Bertz CT molecular complexity index is 2880. The molecule has 62 heavy (non-hydrogen) atoms. The summed E-state index contributed by atoms with van der Waals surface area (Å²) in [5.41, 5.74) is 18.9. The fourth-order valence-electron chi connectivity index (χ4n) is 9.50. The van der Waals surface area contributed by atoms with Crippen molar-refractivity contribution in [3.63, 3.8) is 0 Å². The summed E-state index contributed by atoms with van der Waals surface area (Å²) in [5, 5.41) is 0. The van der Waals surface area contributed by atoms with Gasteiger partial charge in [0.15, 0.2) is 0 Å². The Morgan fingerprint density at radius 3 is 1.50 bits per heavy atom. The number of aryl methyl sites for hydroxylation is 2. The first-order chi connectivity index (χ1) is 30.7. The van der Waals surface area contributed by atoms with E-state index in [-0.39, 0.29) is 5.41 Å². The molecular weight excluding hydrogens is 751 g/mol. The van der Waals surface area contributed by atoms with Gasteiger partial charge in [-0.1, -0.05) is 183 Å². The quantitative estimate of drug-likeness (QED) is 0.124. The number of pyridine rings is 3. The first-order valence-electron chi connectivity index (χ1n) is 22.0. The summed E-state index contributed by atoms with van der Waals surface area (Å²) in [6, 6.07) is 69.7. The minimum Gasteiger partial charge on any atom is -0.256 e. The minimum atomic E-state index is 0.0480. The fourth-order valence-corrected chi connectivity index (χ4v) is 9.50. The third-order valence-corrected chi connectivity index (χ3v) is 12.8. The lowest BCUT2D eigenvalue weighted by Gasteiger charge is -2.30. The Hall–Kier alpha value is -7.23. The summed E-state index contributed by atoms with van der Waals surface area (Å²) >= 11 is 0. The van der Waals surface area contributed by atoms with Crippen LogP contribution in [0.25, 0.3) is 67.2 Å². The molecule has 9 aromatic rings. The SMILES string of the molecule is c1ccc(-c2cccc(-c3ccc(-c4ccccc4-c4cc(CCc5ccc(-c6ccccc6)nc5)cc(CC5(c6ccc(-c7ccccc7)nc6)CCCC5)c4)cn3)c2)cc1. The molecule has 3 nitrogen and oxygen atoms in total. The minimum absolute atomic E-state index is 0.0480. The van der Waals surface area contributed by atoms with Gasteiger partial charge in [-0.05, 0) is 106 Å². The first-order valence-corrected chi connectivity index (χ1v) is 22.0. The molecule has 0 spiro atoms. The predicted molar refractivity (Wildman–Crippen MR) is 257 cm³/mol. The molecule has 3 aromatic heterocycles. The highest BCUT2D eigenvalue weighted by molar-refractivity contribution is 5.84. The van der Waals surface area contributed by atoms with E-state index in [9.17, 15) is 0 Å². The van der Waals surface area contributed by atoms with E-state index in [0.717, 1.165) is 58.6 Å². The molecule has 0 aliphatic heterocycles. The number of rotatable bonds is 12. The molecule has 0 unspecified atom stereocenters. The van der Waals surface area contributed by atoms with Gasteiger partial charge in [0.1, 0.15) is 0 Å². The lowest BCUT2D eigenvalue weighted by molar-refractivity contribution is 0.436. The van der Waals surface area contributed by atoms with Crippen LogP contribution in [-0.4, -0.2) is 15.0 Å². The summed E-state index contributed by atoms with van der Waals surface area (Å²) in [4.78, 5) is 14.9. The van der Waals surface area contributed by atoms with E-state index >= 15 is 0 Å². The van der Waals surface area contributed by atoms with Gasteiger partial charge in [0.05, 0.1) is 17.1 Å². The zero-order valence-electron chi connectivity index (χ0n) is 35.0. The molecule has 300 valence electrons. The molecule has 0 N–H and O–H groups in total. The topological polar surface area (TPSA) is 38.7 Å². The molecule has 3 heteroatoms. The highest BCUT2D eigenvalue weighted by atomic mass is 14.7. The fraction of sp³-hybridized carbons (Fsp3) is 0.136. The Kier molecular flexibility index (Phi) is 11.2. The maximum absolute atomic E-state index is 5.04. The zero-order valence-corrected chi connectivity index (χ0v) is 35.0. The molecule has 0 amide bonds. The van der Waals surface area contributed by atoms with Crippen LogP contribution < -0.4 is 0 Å². The van der Waals surface area contributed by atoms with Crippen LogP contribution in [0.2, 0.25) is 0 Å². The van der Waals surface area contributed by atoms with E-state index in [2.05, 4.69) is 200 Å². The van der Waals surface area contributed by atoms with Gasteiger partial charge < -0.3 is 0 Å². The van der Waals surface area contributed by atoms with Crippen LogP contribution in [0, 0.1) is 0 Å². The van der Waals surface area contributed by atoms with Crippen molar-refractivity contribution in [3.8, 4) is 67.2 Å². The summed E-state index contributed by atoms with van der Waals surface area (Å²) in [6.45, 7) is 0. The van der Waals surface area contributed by atoms with E-state index in [1.165, 1.54) is 75.8 Å². The maximum atomic E-state index is 5.04. The molecule has 1 saturated carbocycles. The van der Waals surface area contributed by atoms with E-state index in [1.807, 2.05) is 12.3 Å². The van der Waals surface area contributed by atoms with Crippen molar-refractivity contribution in [1.82, 2.24) is 15.0 Å². The van der Waals surface area contributed by atoms with Gasteiger partial charge in [0.2, 0.25) is 0 Å². The van der Waals surface area contributed by atoms with E-state index in [0.29, 0.717) is 0 Å². The Balaban J connectivity index is 0.981. The number of benzene rings is 6. The van der Waals surface area contributed by atoms with Gasteiger partial charge in [0.25, 0.3) is 0 Å². The lowest BCUT2D eigenvalue weighted by Crippen LogP contribution is -2.25. The van der Waals surface area contributed by atoms with Crippen molar-refractivity contribution in [2.45, 2.75) is 50.4 Å².